The summed E-state index contributed by atoms with van der Waals surface area (Å²) in [6, 6.07) is 8.47. The van der Waals surface area contributed by atoms with Gasteiger partial charge < -0.3 is 20.5 Å². The lowest BCUT2D eigenvalue weighted by Crippen LogP contribution is -2.48. The lowest BCUT2D eigenvalue weighted by atomic mass is 9.88. The van der Waals surface area contributed by atoms with Gasteiger partial charge in [-0.2, -0.15) is 0 Å². The van der Waals surface area contributed by atoms with Crippen molar-refractivity contribution < 1.29 is 23.8 Å². The first-order chi connectivity index (χ1) is 16.2. The van der Waals surface area contributed by atoms with Crippen LogP contribution in [0.4, 0.5) is 4.39 Å². The van der Waals surface area contributed by atoms with Crippen LogP contribution in [0.25, 0.3) is 0 Å². The molecule has 0 aliphatic heterocycles. The number of nitrogens with zero attached hydrogens (tertiary/aromatic N) is 1. The van der Waals surface area contributed by atoms with Gasteiger partial charge in [-0.05, 0) is 69.5 Å². The number of hydrogen-bond acceptors (Lipinski definition) is 6. The van der Waals surface area contributed by atoms with E-state index in [1.165, 1.54) is 0 Å². The molecule has 3 rings (SSSR count). The number of ether oxygens (including phenoxy) is 1. The minimum atomic E-state index is -0.833. The average Bonchev–Trinajstić information content (AvgIpc) is 2.82. The van der Waals surface area contributed by atoms with Crippen LogP contribution in [0.3, 0.4) is 0 Å². The maximum Gasteiger partial charge on any atom is 0.257 e. The fourth-order valence-electron chi connectivity index (χ4n) is 3.67. The monoisotopic (exact) mass is 489 g/mol. The molecule has 1 aromatic heterocycles. The van der Waals surface area contributed by atoms with Crippen molar-refractivity contribution >= 4 is 23.6 Å². The zero-order chi connectivity index (χ0) is 24.7. The summed E-state index contributed by atoms with van der Waals surface area (Å²) in [6.07, 6.45) is 3.77. The first kappa shape index (κ1) is 26.0. The standard InChI is InChI=1S/C25H32FN3O4S/c1-4-34-20-7-5-6-19(13-20)33-23-21(12-16(26)14-27-23)22(31)28-17-8-10-18(11-9-17)29-24(32)25(2,3)15-30/h5-7,12-14,17-18,30H,4,8-11,15H2,1-3H3,(H,28,31)(H,29,32)/t17-,18-. The van der Waals surface area contributed by atoms with E-state index in [1.54, 1.807) is 31.7 Å². The normalized spacial score (nSPS) is 18.3. The third kappa shape index (κ3) is 6.93. The number of thioether (sulfide) groups is 1. The fourth-order valence-corrected chi connectivity index (χ4v) is 4.38. The zero-order valence-electron chi connectivity index (χ0n) is 19.8. The number of pyridine rings is 1. The highest BCUT2D eigenvalue weighted by Gasteiger charge is 2.31. The Morgan fingerprint density at radius 1 is 1.18 bits per heavy atom. The van der Waals surface area contributed by atoms with Gasteiger partial charge in [0.05, 0.1) is 18.2 Å². The largest absolute Gasteiger partial charge is 0.438 e. The molecule has 34 heavy (non-hydrogen) atoms. The minimum absolute atomic E-state index is 0.00512. The van der Waals surface area contributed by atoms with Crippen molar-refractivity contribution in [3.8, 4) is 11.6 Å². The van der Waals surface area contributed by atoms with Gasteiger partial charge >= 0.3 is 0 Å². The summed E-state index contributed by atoms with van der Waals surface area (Å²) in [5.41, 5.74) is -0.797. The molecule has 1 aromatic carbocycles. The van der Waals surface area contributed by atoms with Gasteiger partial charge in [0.1, 0.15) is 17.1 Å². The number of amides is 2. The van der Waals surface area contributed by atoms with Crippen LogP contribution in [0.15, 0.2) is 41.4 Å². The highest BCUT2D eigenvalue weighted by Crippen LogP contribution is 2.28. The van der Waals surface area contributed by atoms with Crippen LogP contribution in [0.5, 0.6) is 11.6 Å². The molecule has 0 atom stereocenters. The number of carbonyl (C=O) groups excluding carboxylic acids is 2. The van der Waals surface area contributed by atoms with E-state index in [-0.39, 0.29) is 36.0 Å². The highest BCUT2D eigenvalue weighted by molar-refractivity contribution is 7.99. The summed E-state index contributed by atoms with van der Waals surface area (Å²) in [5, 5.41) is 15.3. The van der Waals surface area contributed by atoms with E-state index in [0.29, 0.717) is 31.4 Å². The minimum Gasteiger partial charge on any atom is -0.438 e. The van der Waals surface area contributed by atoms with Crippen molar-refractivity contribution in [3.05, 3.63) is 47.9 Å². The summed E-state index contributed by atoms with van der Waals surface area (Å²) >= 11 is 1.66. The van der Waals surface area contributed by atoms with Gasteiger partial charge in [-0.1, -0.05) is 13.0 Å². The van der Waals surface area contributed by atoms with Crippen molar-refractivity contribution in [2.75, 3.05) is 12.4 Å². The van der Waals surface area contributed by atoms with Crippen molar-refractivity contribution in [3.63, 3.8) is 0 Å². The number of carbonyl (C=O) groups is 2. The molecule has 0 bridgehead atoms. The molecule has 7 nitrogen and oxygen atoms in total. The Bertz CT molecular complexity index is 1010. The highest BCUT2D eigenvalue weighted by atomic mass is 32.2. The molecule has 0 unspecified atom stereocenters. The molecule has 2 aromatic rings. The Hall–Kier alpha value is -2.65. The summed E-state index contributed by atoms with van der Waals surface area (Å²) in [5.74, 6) is 0.229. The maximum absolute atomic E-state index is 13.9. The molecule has 1 saturated carbocycles. The average molecular weight is 490 g/mol. The third-order valence-electron chi connectivity index (χ3n) is 5.80. The number of aliphatic hydroxyl groups excluding tert-OH is 1. The zero-order valence-corrected chi connectivity index (χ0v) is 20.6. The van der Waals surface area contributed by atoms with Crippen molar-refractivity contribution in [2.45, 2.75) is 63.4 Å². The van der Waals surface area contributed by atoms with Crippen LogP contribution in [-0.2, 0) is 4.79 Å². The SMILES string of the molecule is CCSc1cccc(Oc2ncc(F)cc2C(=O)N[C@H]2CC[C@H](NC(=O)C(C)(C)CO)CC2)c1. The molecule has 1 heterocycles. The summed E-state index contributed by atoms with van der Waals surface area (Å²) in [6.45, 7) is 5.22. The number of hydrogen-bond donors (Lipinski definition) is 3. The number of benzene rings is 1. The van der Waals surface area contributed by atoms with Gasteiger partial charge in [-0.15, -0.1) is 11.8 Å². The Balaban J connectivity index is 1.62. The van der Waals surface area contributed by atoms with Crippen LogP contribution >= 0.6 is 11.8 Å². The van der Waals surface area contributed by atoms with Gasteiger partial charge in [0.2, 0.25) is 11.8 Å². The van der Waals surface area contributed by atoms with Gasteiger partial charge in [0, 0.05) is 17.0 Å². The molecule has 2 amide bonds. The molecule has 1 aliphatic rings. The van der Waals surface area contributed by atoms with E-state index in [1.807, 2.05) is 18.2 Å². The van der Waals surface area contributed by atoms with Gasteiger partial charge in [-0.3, -0.25) is 9.59 Å². The predicted octanol–water partition coefficient (Wildman–Crippen LogP) is 4.30. The Morgan fingerprint density at radius 3 is 2.50 bits per heavy atom. The number of nitrogens with one attached hydrogen (secondary N) is 2. The van der Waals surface area contributed by atoms with E-state index < -0.39 is 17.1 Å². The van der Waals surface area contributed by atoms with Crippen molar-refractivity contribution in [1.82, 2.24) is 15.6 Å². The van der Waals surface area contributed by atoms with E-state index >= 15 is 0 Å². The Morgan fingerprint density at radius 2 is 1.85 bits per heavy atom. The van der Waals surface area contributed by atoms with E-state index in [2.05, 4.69) is 22.5 Å². The van der Waals surface area contributed by atoms with Gasteiger partial charge in [-0.25, -0.2) is 9.37 Å². The predicted molar refractivity (Wildman–Crippen MR) is 130 cm³/mol. The number of aromatic nitrogens is 1. The lowest BCUT2D eigenvalue weighted by Gasteiger charge is -2.32. The van der Waals surface area contributed by atoms with Crippen LogP contribution in [0.1, 0.15) is 56.8 Å². The molecule has 0 radical (unpaired) electrons. The van der Waals surface area contributed by atoms with Gasteiger partial charge in [0.15, 0.2) is 0 Å². The first-order valence-electron chi connectivity index (χ1n) is 11.5. The second-order valence-corrected chi connectivity index (χ2v) is 10.4. The molecule has 0 saturated heterocycles. The smallest absolute Gasteiger partial charge is 0.257 e. The molecular formula is C25H32FN3O4S. The van der Waals surface area contributed by atoms with Crippen molar-refractivity contribution in [1.29, 1.82) is 0 Å². The van der Waals surface area contributed by atoms with Crippen LogP contribution in [0, 0.1) is 11.2 Å². The molecule has 1 fully saturated rings. The van der Waals surface area contributed by atoms with E-state index in [0.717, 1.165) is 22.9 Å². The van der Waals surface area contributed by atoms with E-state index in [4.69, 9.17) is 4.74 Å². The third-order valence-corrected chi connectivity index (χ3v) is 6.68. The second kappa shape index (κ2) is 11.7. The van der Waals surface area contributed by atoms with Crippen LogP contribution in [0.2, 0.25) is 0 Å². The lowest BCUT2D eigenvalue weighted by molar-refractivity contribution is -0.132. The summed E-state index contributed by atoms with van der Waals surface area (Å²) in [4.78, 5) is 30.3. The second-order valence-electron chi connectivity index (χ2n) is 9.05. The molecular weight excluding hydrogens is 457 g/mol. The quantitative estimate of drug-likeness (QED) is 0.454. The number of halogens is 1. The van der Waals surface area contributed by atoms with Crippen molar-refractivity contribution in [2.24, 2.45) is 5.41 Å². The fraction of sp³-hybridized carbons (Fsp3) is 0.480. The maximum atomic E-state index is 13.9. The van der Waals surface area contributed by atoms with Crippen LogP contribution in [-0.4, -0.2) is 46.3 Å². The number of aliphatic hydroxyl groups is 1. The molecule has 3 N–H and O–H groups in total. The van der Waals surface area contributed by atoms with Gasteiger partial charge in [0.25, 0.3) is 5.91 Å². The topological polar surface area (TPSA) is 101 Å². The number of rotatable bonds is 9. The Labute approximate surface area is 203 Å². The molecule has 0 spiro atoms. The molecule has 9 heteroatoms. The molecule has 1 aliphatic carbocycles. The summed E-state index contributed by atoms with van der Waals surface area (Å²) in [7, 11) is 0. The Kier molecular flexibility index (Phi) is 8.90. The summed E-state index contributed by atoms with van der Waals surface area (Å²) < 4.78 is 19.8. The first-order valence-corrected chi connectivity index (χ1v) is 12.5. The van der Waals surface area contributed by atoms with E-state index in [9.17, 15) is 19.1 Å². The van der Waals surface area contributed by atoms with Crippen LogP contribution < -0.4 is 15.4 Å². The molecule has 184 valence electrons.